The van der Waals surface area contributed by atoms with Crippen LogP contribution in [0.15, 0.2) is 48.6 Å². The summed E-state index contributed by atoms with van der Waals surface area (Å²) in [6.45, 7) is 6.42. The molecule has 0 aromatic rings. The van der Waals surface area contributed by atoms with Gasteiger partial charge in [0.2, 0.25) is 0 Å². The Morgan fingerprint density at radius 3 is 1.07 bits per heavy atom. The quantitative estimate of drug-likeness (QED) is 0.0267. The maximum absolute atomic E-state index is 12.6. The van der Waals surface area contributed by atoms with Crippen LogP contribution >= 0.6 is 0 Å². The van der Waals surface area contributed by atoms with Gasteiger partial charge in [0, 0.05) is 19.3 Å². The molecule has 1 atom stereocenters. The van der Waals surface area contributed by atoms with Crippen LogP contribution < -0.4 is 0 Å². The number of allylic oxidation sites excluding steroid dienone is 8. The minimum Gasteiger partial charge on any atom is -0.462 e. The minimum absolute atomic E-state index is 0.0990. The highest BCUT2D eigenvalue weighted by atomic mass is 16.6. The van der Waals surface area contributed by atoms with Gasteiger partial charge in [0.05, 0.1) is 0 Å². The van der Waals surface area contributed by atoms with E-state index in [0.717, 1.165) is 64.2 Å². The first kappa shape index (κ1) is 52.4. The largest absolute Gasteiger partial charge is 0.462 e. The Morgan fingerprint density at radius 2 is 0.709 bits per heavy atom. The zero-order chi connectivity index (χ0) is 40.1. The minimum atomic E-state index is -0.803. The molecule has 55 heavy (non-hydrogen) atoms. The summed E-state index contributed by atoms with van der Waals surface area (Å²) in [5.41, 5.74) is 0. The molecule has 0 aromatic carbocycles. The first-order chi connectivity index (χ1) is 27.0. The molecule has 6 heteroatoms. The fraction of sp³-hybridized carbons (Fsp3) is 0.776. The molecule has 0 heterocycles. The van der Waals surface area contributed by atoms with Gasteiger partial charge in [-0.2, -0.15) is 0 Å². The molecule has 1 unspecified atom stereocenters. The van der Waals surface area contributed by atoms with E-state index < -0.39 is 6.10 Å². The van der Waals surface area contributed by atoms with Crippen molar-refractivity contribution in [3.8, 4) is 0 Å². The Kier molecular flexibility index (Phi) is 42.0. The van der Waals surface area contributed by atoms with Gasteiger partial charge in [-0.15, -0.1) is 0 Å². The zero-order valence-electron chi connectivity index (χ0n) is 36.2. The fourth-order valence-corrected chi connectivity index (χ4v) is 6.40. The molecule has 0 spiro atoms. The molecule has 0 saturated heterocycles. The zero-order valence-corrected chi connectivity index (χ0v) is 36.2. The third kappa shape index (κ3) is 42.4. The highest BCUT2D eigenvalue weighted by Gasteiger charge is 2.19. The Balaban J connectivity index is 4.33. The molecule has 0 rings (SSSR count). The van der Waals surface area contributed by atoms with Crippen molar-refractivity contribution in [2.75, 3.05) is 13.2 Å². The molecule has 0 aliphatic heterocycles. The molecule has 0 aliphatic carbocycles. The van der Waals surface area contributed by atoms with Crippen molar-refractivity contribution in [3.05, 3.63) is 48.6 Å². The lowest BCUT2D eigenvalue weighted by molar-refractivity contribution is -0.166. The smallest absolute Gasteiger partial charge is 0.306 e. The summed E-state index contributed by atoms with van der Waals surface area (Å²) < 4.78 is 16.6. The van der Waals surface area contributed by atoms with E-state index in [0.29, 0.717) is 19.3 Å². The second kappa shape index (κ2) is 44.1. The molecular formula is C49H86O6. The number of esters is 3. The van der Waals surface area contributed by atoms with Crippen LogP contribution in [-0.2, 0) is 28.6 Å². The van der Waals surface area contributed by atoms with Crippen LogP contribution in [0.3, 0.4) is 0 Å². The van der Waals surface area contributed by atoms with Gasteiger partial charge in [0.1, 0.15) is 13.2 Å². The highest BCUT2D eigenvalue weighted by molar-refractivity contribution is 5.71. The van der Waals surface area contributed by atoms with Crippen LogP contribution in [0.1, 0.15) is 226 Å². The van der Waals surface area contributed by atoms with Crippen LogP contribution in [0.4, 0.5) is 0 Å². The van der Waals surface area contributed by atoms with Crippen LogP contribution in [0.2, 0.25) is 0 Å². The Labute approximate surface area is 339 Å². The topological polar surface area (TPSA) is 78.9 Å². The summed E-state index contributed by atoms with van der Waals surface area (Å²) in [4.78, 5) is 37.6. The van der Waals surface area contributed by atoms with Gasteiger partial charge in [-0.25, -0.2) is 0 Å². The average Bonchev–Trinajstić information content (AvgIpc) is 3.18. The van der Waals surface area contributed by atoms with Crippen molar-refractivity contribution in [3.63, 3.8) is 0 Å². The maximum Gasteiger partial charge on any atom is 0.306 e. The summed E-state index contributed by atoms with van der Waals surface area (Å²) in [5, 5.41) is 0. The molecule has 0 radical (unpaired) electrons. The van der Waals surface area contributed by atoms with E-state index in [1.165, 1.54) is 116 Å². The van der Waals surface area contributed by atoms with E-state index >= 15 is 0 Å². The third-order valence-corrected chi connectivity index (χ3v) is 9.86. The summed E-state index contributed by atoms with van der Waals surface area (Å²) >= 11 is 0. The number of hydrogen-bond donors (Lipinski definition) is 0. The predicted molar refractivity (Wildman–Crippen MR) is 233 cm³/mol. The Bertz CT molecular complexity index is 980. The van der Waals surface area contributed by atoms with Gasteiger partial charge in [-0.3, -0.25) is 14.4 Å². The van der Waals surface area contributed by atoms with E-state index in [2.05, 4.69) is 57.2 Å². The van der Waals surface area contributed by atoms with Crippen molar-refractivity contribution in [1.82, 2.24) is 0 Å². The summed E-state index contributed by atoms with van der Waals surface area (Å²) in [6, 6.07) is 0. The number of rotatable bonds is 41. The SMILES string of the molecule is CC/C=C\C/C=C\C/C=C\C/C=C\CCC(=O)OC(COC(=O)CCCCCCCCC)COC(=O)CCCCCCCCCCCCCCCCCCC. The van der Waals surface area contributed by atoms with Crippen LogP contribution in [0.25, 0.3) is 0 Å². The first-order valence-corrected chi connectivity index (χ1v) is 23.1. The molecular weight excluding hydrogens is 685 g/mol. The van der Waals surface area contributed by atoms with Gasteiger partial charge in [-0.05, 0) is 44.9 Å². The molecule has 318 valence electrons. The standard InChI is InChI=1S/C49H86O6/c1-4-7-10-13-16-18-20-22-23-24-25-27-28-30-33-36-39-42-48(51)54-45-46(44-53-47(50)41-38-35-32-15-12-9-6-3)55-49(52)43-40-37-34-31-29-26-21-19-17-14-11-8-5-2/h8,11,17,19,26,29,34,37,46H,4-7,9-10,12-16,18,20-25,27-28,30-33,35-36,38-45H2,1-3H3/b11-8-,19-17-,29-26-,37-34-. The van der Waals surface area contributed by atoms with E-state index in [4.69, 9.17) is 14.2 Å². The molecule has 0 fully saturated rings. The normalized spacial score (nSPS) is 12.4. The Hall–Kier alpha value is -2.63. The van der Waals surface area contributed by atoms with Crippen molar-refractivity contribution < 1.29 is 28.6 Å². The number of carbonyl (C=O) groups is 3. The maximum atomic E-state index is 12.6. The van der Waals surface area contributed by atoms with Crippen molar-refractivity contribution in [2.24, 2.45) is 0 Å². The summed E-state index contributed by atoms with van der Waals surface area (Å²) in [6.07, 6.45) is 51.2. The second-order valence-corrected chi connectivity index (χ2v) is 15.3. The Morgan fingerprint density at radius 1 is 0.382 bits per heavy atom. The van der Waals surface area contributed by atoms with Crippen LogP contribution in [0, 0.1) is 0 Å². The van der Waals surface area contributed by atoms with E-state index in [-0.39, 0.29) is 37.5 Å². The number of carbonyl (C=O) groups excluding carboxylic acids is 3. The molecule has 0 aromatic heterocycles. The predicted octanol–water partition coefficient (Wildman–Crippen LogP) is 14.8. The van der Waals surface area contributed by atoms with Crippen LogP contribution in [0.5, 0.6) is 0 Å². The van der Waals surface area contributed by atoms with Crippen molar-refractivity contribution >= 4 is 17.9 Å². The molecule has 0 N–H and O–H groups in total. The second-order valence-electron chi connectivity index (χ2n) is 15.3. The fourth-order valence-electron chi connectivity index (χ4n) is 6.40. The van der Waals surface area contributed by atoms with Gasteiger partial charge in [-0.1, -0.05) is 211 Å². The summed E-state index contributed by atoms with van der Waals surface area (Å²) in [5.74, 6) is -0.986. The van der Waals surface area contributed by atoms with Gasteiger partial charge < -0.3 is 14.2 Å². The summed E-state index contributed by atoms with van der Waals surface area (Å²) in [7, 11) is 0. The first-order valence-electron chi connectivity index (χ1n) is 23.1. The molecule has 6 nitrogen and oxygen atoms in total. The highest BCUT2D eigenvalue weighted by Crippen LogP contribution is 2.15. The number of unbranched alkanes of at least 4 members (excludes halogenated alkanes) is 22. The van der Waals surface area contributed by atoms with E-state index in [1.807, 2.05) is 12.2 Å². The van der Waals surface area contributed by atoms with Crippen LogP contribution in [-0.4, -0.2) is 37.2 Å². The average molecular weight is 771 g/mol. The lowest BCUT2D eigenvalue weighted by atomic mass is 10.0. The molecule has 0 amide bonds. The van der Waals surface area contributed by atoms with Crippen molar-refractivity contribution in [1.29, 1.82) is 0 Å². The monoisotopic (exact) mass is 771 g/mol. The number of ether oxygens (including phenoxy) is 3. The van der Waals surface area contributed by atoms with Gasteiger partial charge >= 0.3 is 17.9 Å². The van der Waals surface area contributed by atoms with Gasteiger partial charge in [0.15, 0.2) is 6.10 Å². The molecule has 0 aliphatic rings. The van der Waals surface area contributed by atoms with E-state index in [9.17, 15) is 14.4 Å². The molecule has 0 bridgehead atoms. The van der Waals surface area contributed by atoms with Crippen molar-refractivity contribution in [2.45, 2.75) is 232 Å². The third-order valence-electron chi connectivity index (χ3n) is 9.86. The molecule has 0 saturated carbocycles. The lowest BCUT2D eigenvalue weighted by Crippen LogP contribution is -2.30. The van der Waals surface area contributed by atoms with E-state index in [1.54, 1.807) is 0 Å². The number of hydrogen-bond acceptors (Lipinski definition) is 6. The van der Waals surface area contributed by atoms with Gasteiger partial charge in [0.25, 0.3) is 0 Å². The lowest BCUT2D eigenvalue weighted by Gasteiger charge is -2.18.